The SMILES string of the molecule is CCC(C(=O)Nc1c(C)cccc1C)[N+]1(Cc2ccc(Cl)cc2)CCCCC1. The number of rotatable bonds is 6. The van der Waals surface area contributed by atoms with Gasteiger partial charge in [0.05, 0.1) is 13.1 Å². The van der Waals surface area contributed by atoms with Gasteiger partial charge in [0.2, 0.25) is 0 Å². The van der Waals surface area contributed by atoms with Crippen molar-refractivity contribution in [2.24, 2.45) is 0 Å². The number of carbonyl (C=O) groups excluding carboxylic acids is 1. The number of carbonyl (C=O) groups is 1. The second-order valence-corrected chi connectivity index (χ2v) is 8.63. The van der Waals surface area contributed by atoms with Crippen molar-refractivity contribution in [2.75, 3.05) is 18.4 Å². The average molecular weight is 400 g/mol. The van der Waals surface area contributed by atoms with Crippen LogP contribution in [0.25, 0.3) is 0 Å². The first-order valence-corrected chi connectivity index (χ1v) is 10.8. The van der Waals surface area contributed by atoms with Crippen molar-refractivity contribution in [1.82, 2.24) is 0 Å². The van der Waals surface area contributed by atoms with Gasteiger partial charge in [0.1, 0.15) is 6.54 Å². The van der Waals surface area contributed by atoms with Crippen molar-refractivity contribution < 1.29 is 9.28 Å². The molecule has 1 atom stereocenters. The molecule has 1 N–H and O–H groups in total. The first-order chi connectivity index (χ1) is 13.4. The molecule has 1 aliphatic heterocycles. The van der Waals surface area contributed by atoms with Gasteiger partial charge in [-0.05, 0) is 56.4 Å². The minimum atomic E-state index is -0.0463. The zero-order valence-corrected chi connectivity index (χ0v) is 18.1. The molecule has 0 aliphatic carbocycles. The quantitative estimate of drug-likeness (QED) is 0.604. The Hall–Kier alpha value is -1.84. The van der Waals surface area contributed by atoms with Crippen molar-refractivity contribution in [3.8, 4) is 0 Å². The predicted molar refractivity (Wildman–Crippen MR) is 118 cm³/mol. The van der Waals surface area contributed by atoms with Gasteiger partial charge in [-0.15, -0.1) is 0 Å². The number of likely N-dealkylation sites (tertiary alicyclic amines) is 1. The number of hydrogen-bond acceptors (Lipinski definition) is 1. The molecule has 2 aromatic rings. The first-order valence-electron chi connectivity index (χ1n) is 10.4. The molecular formula is C24H32ClN2O+. The van der Waals surface area contributed by atoms with Gasteiger partial charge in [-0.3, -0.25) is 4.79 Å². The van der Waals surface area contributed by atoms with Crippen molar-refractivity contribution >= 4 is 23.2 Å². The van der Waals surface area contributed by atoms with Gasteiger partial charge in [0.15, 0.2) is 6.04 Å². The molecule has 0 saturated carbocycles. The fraction of sp³-hybridized carbons (Fsp3) is 0.458. The van der Waals surface area contributed by atoms with E-state index in [-0.39, 0.29) is 11.9 Å². The van der Waals surface area contributed by atoms with Crippen LogP contribution in [0.5, 0.6) is 0 Å². The van der Waals surface area contributed by atoms with Crippen molar-refractivity contribution in [1.29, 1.82) is 0 Å². The van der Waals surface area contributed by atoms with Gasteiger partial charge in [-0.25, -0.2) is 0 Å². The maximum Gasteiger partial charge on any atom is 0.282 e. The maximum atomic E-state index is 13.4. The molecule has 28 heavy (non-hydrogen) atoms. The summed E-state index contributed by atoms with van der Waals surface area (Å²) in [7, 11) is 0. The summed E-state index contributed by atoms with van der Waals surface area (Å²) in [5.74, 6) is 0.149. The van der Waals surface area contributed by atoms with Gasteiger partial charge in [0, 0.05) is 22.7 Å². The summed E-state index contributed by atoms with van der Waals surface area (Å²) in [5.41, 5.74) is 4.45. The van der Waals surface area contributed by atoms with Gasteiger partial charge in [-0.1, -0.05) is 48.9 Å². The molecule has 3 rings (SSSR count). The minimum Gasteiger partial charge on any atom is -0.320 e. The number of benzene rings is 2. The largest absolute Gasteiger partial charge is 0.320 e. The van der Waals surface area contributed by atoms with Crippen molar-refractivity contribution in [3.05, 3.63) is 64.2 Å². The molecule has 1 saturated heterocycles. The predicted octanol–water partition coefficient (Wildman–Crippen LogP) is 5.87. The lowest BCUT2D eigenvalue weighted by atomic mass is 9.98. The van der Waals surface area contributed by atoms with Crippen LogP contribution in [0.4, 0.5) is 5.69 Å². The molecule has 0 bridgehead atoms. The molecule has 1 unspecified atom stereocenters. The van der Waals surface area contributed by atoms with Crippen molar-refractivity contribution in [3.63, 3.8) is 0 Å². The zero-order chi connectivity index (χ0) is 20.1. The van der Waals surface area contributed by atoms with Gasteiger partial charge < -0.3 is 9.80 Å². The fourth-order valence-electron chi connectivity index (χ4n) is 4.71. The Kier molecular flexibility index (Phi) is 6.79. The van der Waals surface area contributed by atoms with Crippen LogP contribution in [-0.4, -0.2) is 29.5 Å². The summed E-state index contributed by atoms with van der Waals surface area (Å²) in [6.07, 6.45) is 4.46. The summed E-state index contributed by atoms with van der Waals surface area (Å²) in [6, 6.07) is 14.2. The van der Waals surface area contributed by atoms with E-state index in [4.69, 9.17) is 11.6 Å². The normalized spacial score (nSPS) is 17.1. The van der Waals surface area contributed by atoms with Gasteiger partial charge in [0.25, 0.3) is 5.91 Å². The molecule has 3 nitrogen and oxygen atoms in total. The van der Waals surface area contributed by atoms with Crippen LogP contribution in [0.1, 0.15) is 49.3 Å². The Balaban J connectivity index is 1.88. The third-order valence-corrected chi connectivity index (χ3v) is 6.45. The molecule has 150 valence electrons. The monoisotopic (exact) mass is 399 g/mol. The molecule has 0 aromatic heterocycles. The van der Waals surface area contributed by atoms with Crippen LogP contribution in [0.3, 0.4) is 0 Å². The van der Waals surface area contributed by atoms with Crippen LogP contribution in [0.15, 0.2) is 42.5 Å². The minimum absolute atomic E-state index is 0.0463. The van der Waals surface area contributed by atoms with E-state index in [0.29, 0.717) is 0 Å². The number of piperidine rings is 1. The lowest BCUT2D eigenvalue weighted by Gasteiger charge is -2.46. The van der Waals surface area contributed by atoms with Crippen LogP contribution in [-0.2, 0) is 11.3 Å². The van der Waals surface area contributed by atoms with E-state index in [2.05, 4.69) is 50.4 Å². The number of hydrogen-bond donors (Lipinski definition) is 1. The van der Waals surface area contributed by atoms with Gasteiger partial charge >= 0.3 is 0 Å². The summed E-state index contributed by atoms with van der Waals surface area (Å²) in [4.78, 5) is 13.4. The second kappa shape index (κ2) is 9.11. The highest BCUT2D eigenvalue weighted by Gasteiger charge is 2.42. The second-order valence-electron chi connectivity index (χ2n) is 8.19. The molecule has 0 spiro atoms. The topological polar surface area (TPSA) is 29.1 Å². The van der Waals surface area contributed by atoms with E-state index in [1.807, 2.05) is 18.2 Å². The third kappa shape index (κ3) is 4.59. The lowest BCUT2D eigenvalue weighted by molar-refractivity contribution is -0.959. The van der Waals surface area contributed by atoms with Crippen molar-refractivity contribution in [2.45, 2.75) is 59.0 Å². The molecule has 0 radical (unpaired) electrons. The number of anilines is 1. The number of amides is 1. The molecule has 1 aliphatic rings. The highest BCUT2D eigenvalue weighted by Crippen LogP contribution is 2.30. The summed E-state index contributed by atoms with van der Waals surface area (Å²) >= 11 is 6.08. The Bertz CT molecular complexity index is 790. The highest BCUT2D eigenvalue weighted by atomic mass is 35.5. The number of aryl methyl sites for hydroxylation is 2. The van der Waals surface area contributed by atoms with Crippen LogP contribution in [0.2, 0.25) is 5.02 Å². The molecular weight excluding hydrogens is 368 g/mol. The number of halogens is 1. The van der Waals surface area contributed by atoms with Crippen LogP contribution >= 0.6 is 11.6 Å². The number of para-hydroxylation sites is 1. The summed E-state index contributed by atoms with van der Waals surface area (Å²) < 4.78 is 0.842. The summed E-state index contributed by atoms with van der Waals surface area (Å²) in [6.45, 7) is 9.26. The summed E-state index contributed by atoms with van der Waals surface area (Å²) in [5, 5.41) is 4.03. The van der Waals surface area contributed by atoms with Crippen LogP contribution < -0.4 is 5.32 Å². The average Bonchev–Trinajstić information content (AvgIpc) is 2.68. The lowest BCUT2D eigenvalue weighted by Crippen LogP contribution is -2.61. The van der Waals surface area contributed by atoms with E-state index < -0.39 is 0 Å². The standard InChI is InChI=1S/C24H31ClN2O/c1-4-22(24(28)26-23-18(2)9-8-10-19(23)3)27(15-6-5-7-16-27)17-20-11-13-21(25)14-12-20/h8-14,22H,4-7,15-17H2,1-3H3/p+1. The molecule has 1 amide bonds. The van der Waals surface area contributed by atoms with Gasteiger partial charge in [-0.2, -0.15) is 0 Å². The zero-order valence-electron chi connectivity index (χ0n) is 17.3. The van der Waals surface area contributed by atoms with Crippen LogP contribution in [0, 0.1) is 13.8 Å². The third-order valence-electron chi connectivity index (χ3n) is 6.20. The number of nitrogens with one attached hydrogen (secondary N) is 1. The Morgan fingerprint density at radius 1 is 1.04 bits per heavy atom. The molecule has 4 heteroatoms. The number of quaternary nitrogens is 1. The maximum absolute atomic E-state index is 13.4. The van der Waals surface area contributed by atoms with E-state index in [9.17, 15) is 4.79 Å². The van der Waals surface area contributed by atoms with E-state index in [0.717, 1.165) is 52.4 Å². The Morgan fingerprint density at radius 2 is 1.64 bits per heavy atom. The van der Waals surface area contributed by atoms with E-state index in [1.165, 1.54) is 24.8 Å². The van der Waals surface area contributed by atoms with E-state index in [1.54, 1.807) is 0 Å². The molecule has 1 heterocycles. The first kappa shape index (κ1) is 20.9. The number of nitrogens with zero attached hydrogens (tertiary/aromatic N) is 1. The Labute approximate surface area is 174 Å². The van der Waals surface area contributed by atoms with E-state index >= 15 is 0 Å². The highest BCUT2D eigenvalue weighted by molar-refractivity contribution is 6.30. The molecule has 1 fully saturated rings. The smallest absolute Gasteiger partial charge is 0.282 e. The Morgan fingerprint density at radius 3 is 2.21 bits per heavy atom. The fourth-order valence-corrected chi connectivity index (χ4v) is 4.84. The molecule has 2 aromatic carbocycles.